The summed E-state index contributed by atoms with van der Waals surface area (Å²) in [5.74, 6) is -1.10. The fourth-order valence-corrected chi connectivity index (χ4v) is 7.39. The topological polar surface area (TPSA) is 81.1 Å². The number of carbonyl (C=O) groups is 2. The summed E-state index contributed by atoms with van der Waals surface area (Å²) in [6.45, 7) is 0. The lowest BCUT2D eigenvalue weighted by molar-refractivity contribution is -0.165. The third kappa shape index (κ3) is 3.26. The second kappa shape index (κ2) is 7.60. The van der Waals surface area contributed by atoms with Crippen LogP contribution in [0.25, 0.3) is 0 Å². The second-order valence-electron chi connectivity index (χ2n) is 10.0. The van der Waals surface area contributed by atoms with Gasteiger partial charge >= 0.3 is 11.9 Å². The van der Waals surface area contributed by atoms with E-state index >= 15 is 0 Å². The molecule has 2 unspecified atom stereocenters. The highest BCUT2D eigenvalue weighted by Gasteiger charge is 2.57. The molecule has 158 valence electrons. The SMILES string of the molecule is CN1[C@@H]2CC[C@H]1CC(C(CCCC(=O)O)(C(=O)O)C1C[C@H]3CC[C@@H](C1)N3C)C2. The molecule has 0 saturated carbocycles. The molecular weight excluding hydrogens is 356 g/mol. The van der Waals surface area contributed by atoms with Crippen molar-refractivity contribution in [2.45, 2.75) is 94.8 Å². The second-order valence-corrected chi connectivity index (χ2v) is 10.0. The Balaban J connectivity index is 1.63. The molecule has 4 saturated heterocycles. The van der Waals surface area contributed by atoms with Gasteiger partial charge in [0.05, 0.1) is 5.41 Å². The van der Waals surface area contributed by atoms with E-state index in [-0.39, 0.29) is 18.3 Å². The van der Waals surface area contributed by atoms with Gasteiger partial charge in [0, 0.05) is 30.6 Å². The van der Waals surface area contributed by atoms with Crippen LogP contribution in [0.5, 0.6) is 0 Å². The van der Waals surface area contributed by atoms with Crippen LogP contribution in [0.4, 0.5) is 0 Å². The van der Waals surface area contributed by atoms with Crippen molar-refractivity contribution in [3.05, 3.63) is 0 Å². The van der Waals surface area contributed by atoms with Crippen molar-refractivity contribution in [2.24, 2.45) is 17.3 Å². The fraction of sp³-hybridized carbons (Fsp3) is 0.909. The number of carboxylic acid groups (broad SMARTS) is 2. The molecule has 0 aromatic rings. The van der Waals surface area contributed by atoms with E-state index in [1.807, 2.05) is 0 Å². The molecule has 6 nitrogen and oxygen atoms in total. The predicted octanol–water partition coefficient (Wildman–Crippen LogP) is 3.06. The van der Waals surface area contributed by atoms with E-state index in [1.165, 1.54) is 25.7 Å². The van der Waals surface area contributed by atoms with Crippen molar-refractivity contribution in [1.29, 1.82) is 0 Å². The zero-order chi connectivity index (χ0) is 20.1. The van der Waals surface area contributed by atoms with Crippen LogP contribution in [0.1, 0.15) is 70.6 Å². The first-order valence-electron chi connectivity index (χ1n) is 11.2. The van der Waals surface area contributed by atoms with Crippen molar-refractivity contribution in [3.63, 3.8) is 0 Å². The number of carboxylic acids is 2. The van der Waals surface area contributed by atoms with Crippen LogP contribution in [-0.2, 0) is 9.59 Å². The standard InChI is InChI=1S/C22H36N2O4/c1-23-16-5-6-17(23)11-14(10-16)22(21(27)28,9-3-4-20(25)26)15-12-18-7-8-19(13-15)24(18)2/h14-19H,3-13H2,1-2H3,(H,25,26)(H,27,28)/t14?,15?,16-,17+,18-,19+,22?. The molecule has 6 atom stereocenters. The van der Waals surface area contributed by atoms with Crippen molar-refractivity contribution >= 4 is 11.9 Å². The minimum Gasteiger partial charge on any atom is -0.481 e. The molecule has 6 heteroatoms. The molecule has 4 bridgehead atoms. The summed E-state index contributed by atoms with van der Waals surface area (Å²) < 4.78 is 0. The maximum atomic E-state index is 13.0. The summed E-state index contributed by atoms with van der Waals surface area (Å²) in [7, 11) is 4.39. The molecule has 0 aliphatic carbocycles. The zero-order valence-corrected chi connectivity index (χ0v) is 17.3. The Labute approximate surface area is 168 Å². The van der Waals surface area contributed by atoms with Gasteiger partial charge in [-0.25, -0.2) is 0 Å². The van der Waals surface area contributed by atoms with E-state index in [0.717, 1.165) is 25.7 Å². The first-order valence-corrected chi connectivity index (χ1v) is 11.2. The highest BCUT2D eigenvalue weighted by atomic mass is 16.4. The van der Waals surface area contributed by atoms with Gasteiger partial charge in [-0.1, -0.05) is 0 Å². The Hall–Kier alpha value is -1.14. The van der Waals surface area contributed by atoms with Crippen LogP contribution in [0, 0.1) is 17.3 Å². The summed E-state index contributed by atoms with van der Waals surface area (Å²) in [5.41, 5.74) is -0.750. The van der Waals surface area contributed by atoms with Crippen LogP contribution in [0.15, 0.2) is 0 Å². The summed E-state index contributed by atoms with van der Waals surface area (Å²) >= 11 is 0. The Morgan fingerprint density at radius 2 is 1.21 bits per heavy atom. The minimum absolute atomic E-state index is 0.0774. The van der Waals surface area contributed by atoms with Gasteiger partial charge in [-0.3, -0.25) is 9.59 Å². The van der Waals surface area contributed by atoms with Crippen LogP contribution in [0.3, 0.4) is 0 Å². The summed E-state index contributed by atoms with van der Waals surface area (Å²) in [4.78, 5) is 29.1. The Morgan fingerprint density at radius 1 is 0.821 bits per heavy atom. The third-order valence-electron chi connectivity index (χ3n) is 9.03. The monoisotopic (exact) mass is 392 g/mol. The lowest BCUT2D eigenvalue weighted by atomic mass is 9.57. The normalized spacial score (nSPS) is 40.4. The maximum Gasteiger partial charge on any atom is 0.310 e. The van der Waals surface area contributed by atoms with E-state index < -0.39 is 17.4 Å². The number of fused-ring (bicyclic) bond motifs is 4. The van der Waals surface area contributed by atoms with Crippen LogP contribution in [-0.4, -0.2) is 70.2 Å². The highest BCUT2D eigenvalue weighted by Crippen LogP contribution is 2.56. The van der Waals surface area contributed by atoms with Crippen LogP contribution in [0.2, 0.25) is 0 Å². The molecule has 4 aliphatic rings. The van der Waals surface area contributed by atoms with Crippen molar-refractivity contribution < 1.29 is 19.8 Å². The molecular formula is C22H36N2O4. The van der Waals surface area contributed by atoms with Crippen molar-refractivity contribution in [3.8, 4) is 0 Å². The first-order chi connectivity index (χ1) is 13.3. The van der Waals surface area contributed by atoms with Gasteiger partial charge in [0.25, 0.3) is 0 Å². The average Bonchev–Trinajstić information content (AvgIpc) is 2.98. The molecule has 0 radical (unpaired) electrons. The van der Waals surface area contributed by atoms with Gasteiger partial charge < -0.3 is 20.0 Å². The quantitative estimate of drug-likeness (QED) is 0.693. The number of aliphatic carboxylic acids is 2. The zero-order valence-electron chi connectivity index (χ0n) is 17.3. The van der Waals surface area contributed by atoms with Crippen molar-refractivity contribution in [1.82, 2.24) is 9.80 Å². The molecule has 0 amide bonds. The maximum absolute atomic E-state index is 13.0. The summed E-state index contributed by atoms with van der Waals surface area (Å²) in [5, 5.41) is 19.8. The van der Waals surface area contributed by atoms with Gasteiger partial charge in [-0.05, 0) is 90.1 Å². The minimum atomic E-state index is -0.814. The highest BCUT2D eigenvalue weighted by molar-refractivity contribution is 5.76. The molecule has 0 spiro atoms. The largest absolute Gasteiger partial charge is 0.481 e. The average molecular weight is 393 g/mol. The molecule has 0 aromatic carbocycles. The molecule has 28 heavy (non-hydrogen) atoms. The van der Waals surface area contributed by atoms with E-state index in [2.05, 4.69) is 23.9 Å². The van der Waals surface area contributed by atoms with E-state index in [0.29, 0.717) is 37.0 Å². The third-order valence-corrected chi connectivity index (χ3v) is 9.03. The molecule has 4 fully saturated rings. The molecule has 4 rings (SSSR count). The Kier molecular flexibility index (Phi) is 5.47. The smallest absolute Gasteiger partial charge is 0.310 e. The number of nitrogens with zero attached hydrogens (tertiary/aromatic N) is 2. The molecule has 4 heterocycles. The van der Waals surface area contributed by atoms with E-state index in [1.54, 1.807) is 0 Å². The molecule has 4 aliphatic heterocycles. The fourth-order valence-electron chi connectivity index (χ4n) is 7.39. The van der Waals surface area contributed by atoms with Gasteiger partial charge in [-0.15, -0.1) is 0 Å². The lowest BCUT2D eigenvalue weighted by Gasteiger charge is -2.51. The summed E-state index contributed by atoms with van der Waals surface area (Å²) in [6, 6.07) is 2.02. The van der Waals surface area contributed by atoms with Gasteiger partial charge in [0.2, 0.25) is 0 Å². The molecule has 2 N–H and O–H groups in total. The number of hydrogen-bond acceptors (Lipinski definition) is 4. The number of piperidine rings is 2. The number of rotatable bonds is 7. The van der Waals surface area contributed by atoms with Crippen molar-refractivity contribution in [2.75, 3.05) is 14.1 Å². The Morgan fingerprint density at radius 3 is 1.54 bits per heavy atom. The lowest BCUT2D eigenvalue weighted by Crippen LogP contribution is -2.55. The van der Waals surface area contributed by atoms with E-state index in [4.69, 9.17) is 5.11 Å². The summed E-state index contributed by atoms with van der Waals surface area (Å²) in [6.07, 6.45) is 9.67. The number of hydrogen-bond donors (Lipinski definition) is 2. The van der Waals surface area contributed by atoms with Crippen LogP contribution >= 0.6 is 0 Å². The van der Waals surface area contributed by atoms with Crippen LogP contribution < -0.4 is 0 Å². The predicted molar refractivity (Wildman–Crippen MR) is 106 cm³/mol. The van der Waals surface area contributed by atoms with Gasteiger partial charge in [-0.2, -0.15) is 0 Å². The van der Waals surface area contributed by atoms with Gasteiger partial charge in [0.1, 0.15) is 0 Å². The first kappa shape index (κ1) is 20.1. The van der Waals surface area contributed by atoms with E-state index in [9.17, 15) is 14.7 Å². The Bertz CT molecular complexity index is 562. The molecule has 0 aromatic heterocycles. The van der Waals surface area contributed by atoms with Gasteiger partial charge in [0.15, 0.2) is 0 Å².